The number of nitrogens with zero attached hydrogens (tertiary/aromatic N) is 1. The first-order chi connectivity index (χ1) is 7.51. The Labute approximate surface area is 96.8 Å². The zero-order valence-electron chi connectivity index (χ0n) is 9.98. The Hall–Kier alpha value is -0.610. The lowest BCUT2D eigenvalue weighted by atomic mass is 9.86. The van der Waals surface area contributed by atoms with E-state index in [2.05, 4.69) is 11.8 Å². The summed E-state index contributed by atoms with van der Waals surface area (Å²) in [5, 5.41) is 9.09. The number of aliphatic carboxylic acids is 1. The molecular formula is C12H22N2O2. The van der Waals surface area contributed by atoms with Gasteiger partial charge in [-0.3, -0.25) is 9.69 Å². The number of nitrogens with two attached hydrogens (primary N) is 1. The van der Waals surface area contributed by atoms with E-state index < -0.39 is 11.5 Å². The molecule has 0 radical (unpaired) electrons. The van der Waals surface area contributed by atoms with Gasteiger partial charge in [0.15, 0.2) is 0 Å². The lowest BCUT2D eigenvalue weighted by Gasteiger charge is -2.34. The van der Waals surface area contributed by atoms with Gasteiger partial charge < -0.3 is 10.8 Å². The molecule has 3 atom stereocenters. The van der Waals surface area contributed by atoms with Crippen molar-refractivity contribution in [2.45, 2.75) is 50.6 Å². The van der Waals surface area contributed by atoms with Crippen LogP contribution in [0.15, 0.2) is 0 Å². The van der Waals surface area contributed by atoms with Crippen molar-refractivity contribution < 1.29 is 9.90 Å². The molecule has 1 saturated carbocycles. The molecule has 0 aromatic carbocycles. The average molecular weight is 226 g/mol. The third-order valence-corrected chi connectivity index (χ3v) is 4.18. The van der Waals surface area contributed by atoms with Crippen molar-refractivity contribution in [1.29, 1.82) is 0 Å². The largest absolute Gasteiger partial charge is 0.480 e. The van der Waals surface area contributed by atoms with Gasteiger partial charge in [0, 0.05) is 19.1 Å². The van der Waals surface area contributed by atoms with Crippen molar-refractivity contribution in [3.8, 4) is 0 Å². The van der Waals surface area contributed by atoms with Gasteiger partial charge in [0.05, 0.1) is 0 Å². The van der Waals surface area contributed by atoms with Crippen LogP contribution in [0.1, 0.15) is 39.0 Å². The molecular weight excluding hydrogens is 204 g/mol. The van der Waals surface area contributed by atoms with Crippen LogP contribution < -0.4 is 5.73 Å². The first kappa shape index (κ1) is 11.9. The van der Waals surface area contributed by atoms with Gasteiger partial charge in [-0.2, -0.15) is 0 Å². The molecule has 92 valence electrons. The standard InChI is InChI=1S/C12H22N2O2/c1-9-3-2-4-10(7-9)14-6-5-12(13,8-14)11(15)16/h9-10H,2-8,13H2,1H3,(H,15,16). The second kappa shape index (κ2) is 4.34. The van der Waals surface area contributed by atoms with E-state index in [9.17, 15) is 4.79 Å². The van der Waals surface area contributed by atoms with Gasteiger partial charge in [-0.05, 0) is 25.2 Å². The predicted octanol–water partition coefficient (Wildman–Crippen LogP) is 1.05. The van der Waals surface area contributed by atoms with Crippen molar-refractivity contribution in [1.82, 2.24) is 4.90 Å². The number of hydrogen-bond acceptors (Lipinski definition) is 3. The van der Waals surface area contributed by atoms with E-state index in [0.717, 1.165) is 12.5 Å². The number of carbonyl (C=O) groups is 1. The van der Waals surface area contributed by atoms with Gasteiger partial charge in [0.1, 0.15) is 5.54 Å². The first-order valence-electron chi connectivity index (χ1n) is 6.27. The van der Waals surface area contributed by atoms with Crippen LogP contribution in [0.5, 0.6) is 0 Å². The monoisotopic (exact) mass is 226 g/mol. The minimum Gasteiger partial charge on any atom is -0.480 e. The molecule has 16 heavy (non-hydrogen) atoms. The lowest BCUT2D eigenvalue weighted by molar-refractivity contribution is -0.142. The minimum atomic E-state index is -0.999. The van der Waals surface area contributed by atoms with E-state index in [1.165, 1.54) is 25.7 Å². The number of carboxylic acids is 1. The van der Waals surface area contributed by atoms with E-state index in [1.807, 2.05) is 0 Å². The molecule has 2 rings (SSSR count). The summed E-state index contributed by atoms with van der Waals surface area (Å²) >= 11 is 0. The summed E-state index contributed by atoms with van der Waals surface area (Å²) in [6, 6.07) is 0.563. The van der Waals surface area contributed by atoms with Crippen molar-refractivity contribution >= 4 is 5.97 Å². The van der Waals surface area contributed by atoms with Crippen LogP contribution in [0.3, 0.4) is 0 Å². The van der Waals surface area contributed by atoms with Crippen LogP contribution >= 0.6 is 0 Å². The molecule has 1 heterocycles. The minimum absolute atomic E-state index is 0.528. The fraction of sp³-hybridized carbons (Fsp3) is 0.917. The molecule has 2 fully saturated rings. The van der Waals surface area contributed by atoms with Gasteiger partial charge in [-0.1, -0.05) is 19.8 Å². The molecule has 4 nitrogen and oxygen atoms in total. The summed E-state index contributed by atoms with van der Waals surface area (Å²) in [7, 11) is 0. The zero-order valence-corrected chi connectivity index (χ0v) is 9.98. The molecule has 1 aliphatic carbocycles. The molecule has 3 N–H and O–H groups in total. The average Bonchev–Trinajstić information content (AvgIpc) is 2.62. The van der Waals surface area contributed by atoms with Gasteiger partial charge in [0.2, 0.25) is 0 Å². The molecule has 0 spiro atoms. The highest BCUT2D eigenvalue weighted by Crippen LogP contribution is 2.31. The highest BCUT2D eigenvalue weighted by molar-refractivity contribution is 5.79. The molecule has 1 saturated heterocycles. The maximum absolute atomic E-state index is 11.1. The Morgan fingerprint density at radius 2 is 2.25 bits per heavy atom. The molecule has 4 heteroatoms. The topological polar surface area (TPSA) is 66.6 Å². The number of rotatable bonds is 2. The number of hydrogen-bond donors (Lipinski definition) is 2. The highest BCUT2D eigenvalue weighted by Gasteiger charge is 2.43. The quantitative estimate of drug-likeness (QED) is 0.738. The molecule has 3 unspecified atom stereocenters. The Kier molecular flexibility index (Phi) is 3.22. The van der Waals surface area contributed by atoms with E-state index in [4.69, 9.17) is 10.8 Å². The Bertz CT molecular complexity index is 282. The SMILES string of the molecule is CC1CCCC(N2CCC(N)(C(=O)O)C2)C1. The van der Waals surface area contributed by atoms with Crippen LogP contribution in [0.4, 0.5) is 0 Å². The molecule has 0 aromatic heterocycles. The smallest absolute Gasteiger partial charge is 0.325 e. The van der Waals surface area contributed by atoms with E-state index >= 15 is 0 Å². The molecule has 0 aromatic rings. The van der Waals surface area contributed by atoms with Gasteiger partial charge >= 0.3 is 5.97 Å². The third-order valence-electron chi connectivity index (χ3n) is 4.18. The Balaban J connectivity index is 1.95. The summed E-state index contributed by atoms with van der Waals surface area (Å²) in [5.74, 6) is -0.0739. The van der Waals surface area contributed by atoms with Crippen LogP contribution in [-0.2, 0) is 4.79 Å². The first-order valence-corrected chi connectivity index (χ1v) is 6.27. The maximum atomic E-state index is 11.1. The van der Waals surface area contributed by atoms with Crippen molar-refractivity contribution in [3.05, 3.63) is 0 Å². The van der Waals surface area contributed by atoms with Crippen molar-refractivity contribution in [2.75, 3.05) is 13.1 Å². The second-order valence-corrected chi connectivity index (χ2v) is 5.61. The summed E-state index contributed by atoms with van der Waals surface area (Å²) in [5.41, 5.74) is 4.89. The third kappa shape index (κ3) is 2.23. The molecule has 0 amide bonds. The van der Waals surface area contributed by atoms with E-state index in [1.54, 1.807) is 0 Å². The summed E-state index contributed by atoms with van der Waals surface area (Å²) in [6.45, 7) is 3.66. The van der Waals surface area contributed by atoms with Gasteiger partial charge in [0.25, 0.3) is 0 Å². The molecule has 1 aliphatic heterocycles. The normalized spacial score (nSPS) is 41.1. The van der Waals surface area contributed by atoms with Crippen molar-refractivity contribution in [2.24, 2.45) is 11.7 Å². The summed E-state index contributed by atoms with van der Waals surface area (Å²) < 4.78 is 0. The predicted molar refractivity (Wildman–Crippen MR) is 62.2 cm³/mol. The molecule has 2 aliphatic rings. The number of likely N-dealkylation sites (tertiary alicyclic amines) is 1. The summed E-state index contributed by atoms with van der Waals surface area (Å²) in [4.78, 5) is 13.4. The second-order valence-electron chi connectivity index (χ2n) is 5.61. The van der Waals surface area contributed by atoms with Crippen LogP contribution in [-0.4, -0.2) is 40.6 Å². The van der Waals surface area contributed by atoms with E-state index in [-0.39, 0.29) is 0 Å². The Morgan fingerprint density at radius 1 is 1.50 bits per heavy atom. The fourth-order valence-corrected chi connectivity index (χ4v) is 3.08. The zero-order chi connectivity index (χ0) is 11.8. The Morgan fingerprint density at radius 3 is 2.81 bits per heavy atom. The maximum Gasteiger partial charge on any atom is 0.325 e. The van der Waals surface area contributed by atoms with E-state index in [0.29, 0.717) is 19.0 Å². The number of carboxylic acid groups (broad SMARTS) is 1. The van der Waals surface area contributed by atoms with Crippen LogP contribution in [0.2, 0.25) is 0 Å². The summed E-state index contributed by atoms with van der Waals surface area (Å²) in [6.07, 6.45) is 5.59. The fourth-order valence-electron chi connectivity index (χ4n) is 3.08. The van der Waals surface area contributed by atoms with Gasteiger partial charge in [-0.25, -0.2) is 0 Å². The van der Waals surface area contributed by atoms with Crippen LogP contribution in [0, 0.1) is 5.92 Å². The molecule has 0 bridgehead atoms. The van der Waals surface area contributed by atoms with Gasteiger partial charge in [-0.15, -0.1) is 0 Å². The van der Waals surface area contributed by atoms with Crippen LogP contribution in [0.25, 0.3) is 0 Å². The van der Waals surface area contributed by atoms with Crippen molar-refractivity contribution in [3.63, 3.8) is 0 Å². The highest BCUT2D eigenvalue weighted by atomic mass is 16.4. The lowest BCUT2D eigenvalue weighted by Crippen LogP contribution is -2.51.